The highest BCUT2D eigenvalue weighted by molar-refractivity contribution is 6.31. The number of carboxylic acid groups (broad SMARTS) is 1. The summed E-state index contributed by atoms with van der Waals surface area (Å²) in [4.78, 5) is 37.5. The molecule has 2 unspecified atom stereocenters. The van der Waals surface area contributed by atoms with Crippen LogP contribution >= 0.6 is 23.2 Å². The Balaban J connectivity index is 0.000000309. The lowest BCUT2D eigenvalue weighted by atomic mass is 9.55. The van der Waals surface area contributed by atoms with Crippen molar-refractivity contribution >= 4 is 41.2 Å². The van der Waals surface area contributed by atoms with Gasteiger partial charge in [-0.05, 0) is 68.5 Å². The number of hydrogen-bond acceptors (Lipinski definition) is 6. The number of carbonyl (C=O) groups is 3. The number of ether oxygens (including phenoxy) is 1. The predicted molar refractivity (Wildman–Crippen MR) is 167 cm³/mol. The molecule has 0 spiro atoms. The Labute approximate surface area is 263 Å². The van der Waals surface area contributed by atoms with Crippen molar-refractivity contribution in [3.8, 4) is 0 Å². The van der Waals surface area contributed by atoms with E-state index in [0.29, 0.717) is 47.1 Å². The summed E-state index contributed by atoms with van der Waals surface area (Å²) in [6.07, 6.45) is -0.00242. The summed E-state index contributed by atoms with van der Waals surface area (Å²) in [6, 6.07) is 13.7. The molecule has 2 aromatic rings. The molecule has 1 fully saturated rings. The molecule has 0 aromatic heterocycles. The van der Waals surface area contributed by atoms with Gasteiger partial charge >= 0.3 is 12.1 Å². The summed E-state index contributed by atoms with van der Waals surface area (Å²) in [5, 5.41) is 31.9. The molecular weight excluding hydrogens is 595 g/mol. The van der Waals surface area contributed by atoms with E-state index in [-0.39, 0.29) is 12.0 Å². The Morgan fingerprint density at radius 1 is 0.907 bits per heavy atom. The van der Waals surface area contributed by atoms with Crippen molar-refractivity contribution in [3.63, 3.8) is 0 Å². The number of benzene rings is 2. The molecule has 2 atom stereocenters. The van der Waals surface area contributed by atoms with Crippen LogP contribution in [0.5, 0.6) is 0 Å². The maximum atomic E-state index is 13.0. The molecule has 0 aliphatic carbocycles. The van der Waals surface area contributed by atoms with Crippen LogP contribution in [0.1, 0.15) is 78.4 Å². The van der Waals surface area contributed by atoms with E-state index < -0.39 is 40.0 Å². The Hall–Kier alpha value is -2.85. The molecule has 1 aliphatic heterocycles. The van der Waals surface area contributed by atoms with E-state index in [9.17, 15) is 29.7 Å². The number of carbonyl (C=O) groups excluding carboxylic acids is 2. The van der Waals surface area contributed by atoms with Gasteiger partial charge in [-0.25, -0.2) is 4.79 Å². The lowest BCUT2D eigenvalue weighted by molar-refractivity contribution is -0.164. The second-order valence-corrected chi connectivity index (χ2v) is 13.9. The number of piperidine rings is 1. The number of nitrogens with two attached hydrogens (primary N) is 1. The van der Waals surface area contributed by atoms with Crippen molar-refractivity contribution in [2.45, 2.75) is 89.9 Å². The number of halogens is 2. The summed E-state index contributed by atoms with van der Waals surface area (Å²) in [7, 11) is 0. The van der Waals surface area contributed by atoms with Gasteiger partial charge in [0, 0.05) is 36.0 Å². The Morgan fingerprint density at radius 3 is 1.81 bits per heavy atom. The summed E-state index contributed by atoms with van der Waals surface area (Å²) in [6.45, 7) is 12.6. The second-order valence-electron chi connectivity index (χ2n) is 13.0. The van der Waals surface area contributed by atoms with Crippen molar-refractivity contribution in [3.05, 3.63) is 69.7 Å². The van der Waals surface area contributed by atoms with Gasteiger partial charge in [0.05, 0.1) is 17.1 Å². The minimum absolute atomic E-state index is 0.165. The average Bonchev–Trinajstić information content (AvgIpc) is 2.82. The van der Waals surface area contributed by atoms with Gasteiger partial charge in [-0.15, -0.1) is 0 Å². The molecular formula is C32H44Cl2N2O7. The molecule has 2 amide bonds. The van der Waals surface area contributed by atoms with Crippen LogP contribution in [0.3, 0.4) is 0 Å². The third-order valence-corrected chi connectivity index (χ3v) is 8.26. The predicted octanol–water partition coefficient (Wildman–Crippen LogP) is 5.76. The molecule has 0 saturated carbocycles. The van der Waals surface area contributed by atoms with Crippen LogP contribution in [0.4, 0.5) is 4.79 Å². The smallest absolute Gasteiger partial charge is 0.404 e. The number of aliphatic carboxylic acids is 1. The summed E-state index contributed by atoms with van der Waals surface area (Å²) >= 11 is 12.0. The number of primary amides is 1. The van der Waals surface area contributed by atoms with Gasteiger partial charge in [-0.2, -0.15) is 0 Å². The first-order valence-electron chi connectivity index (χ1n) is 14.1. The quantitative estimate of drug-likeness (QED) is 0.301. The first-order valence-corrected chi connectivity index (χ1v) is 14.8. The minimum Gasteiger partial charge on any atom is -0.480 e. The second kappa shape index (κ2) is 13.8. The van der Waals surface area contributed by atoms with E-state index in [1.165, 1.54) is 13.8 Å². The van der Waals surface area contributed by atoms with Crippen molar-refractivity contribution in [1.82, 2.24) is 4.90 Å². The molecule has 9 nitrogen and oxygen atoms in total. The fourth-order valence-electron chi connectivity index (χ4n) is 6.21. The molecule has 2 aromatic carbocycles. The third-order valence-electron chi connectivity index (χ3n) is 7.79. The van der Waals surface area contributed by atoms with Crippen molar-refractivity contribution in [2.75, 3.05) is 13.1 Å². The molecule has 5 N–H and O–H groups in total. The summed E-state index contributed by atoms with van der Waals surface area (Å²) < 4.78 is 4.98. The molecule has 0 radical (unpaired) electrons. The fourth-order valence-corrected chi connectivity index (χ4v) is 6.60. The molecule has 1 saturated heterocycles. The van der Waals surface area contributed by atoms with Gasteiger partial charge in [0.1, 0.15) is 11.5 Å². The Morgan fingerprint density at radius 2 is 1.42 bits per heavy atom. The number of carboxylic acids is 1. The minimum atomic E-state index is -1.45. The maximum Gasteiger partial charge on any atom is 0.404 e. The summed E-state index contributed by atoms with van der Waals surface area (Å²) in [5.74, 6) is -1.94. The number of amides is 2. The van der Waals surface area contributed by atoms with Gasteiger partial charge in [0.25, 0.3) is 0 Å². The SMILES string of the molecule is CC(C)(C)C(C(=O)O)(c1cccc(Cl)c1)C(C)(C)O.CC(C)(O)C(C(=O)N1CCC(OC(N)=O)CC1)c1cccc(Cl)c1. The largest absolute Gasteiger partial charge is 0.480 e. The zero-order valence-electron chi connectivity index (χ0n) is 25.9. The number of aliphatic hydroxyl groups is 2. The highest BCUT2D eigenvalue weighted by Gasteiger charge is 2.59. The van der Waals surface area contributed by atoms with Gasteiger partial charge in [-0.3, -0.25) is 9.59 Å². The van der Waals surface area contributed by atoms with Crippen molar-refractivity contribution < 1.29 is 34.4 Å². The van der Waals surface area contributed by atoms with Gasteiger partial charge in [0.2, 0.25) is 5.91 Å². The van der Waals surface area contributed by atoms with E-state index in [1.807, 2.05) is 0 Å². The maximum absolute atomic E-state index is 13.0. The van der Waals surface area contributed by atoms with E-state index in [2.05, 4.69) is 0 Å². The molecule has 1 heterocycles. The highest BCUT2D eigenvalue weighted by atomic mass is 35.5. The van der Waals surface area contributed by atoms with Crippen LogP contribution < -0.4 is 5.73 Å². The van der Waals surface area contributed by atoms with Gasteiger partial charge in [-0.1, -0.05) is 68.2 Å². The number of nitrogens with zero attached hydrogens (tertiary/aromatic N) is 1. The van der Waals surface area contributed by atoms with Gasteiger partial charge < -0.3 is 30.7 Å². The Bertz CT molecular complexity index is 1270. The van der Waals surface area contributed by atoms with E-state index in [4.69, 9.17) is 33.7 Å². The fraction of sp³-hybridized carbons (Fsp3) is 0.531. The normalized spacial score (nSPS) is 16.8. The van der Waals surface area contributed by atoms with Crippen LogP contribution in [0.25, 0.3) is 0 Å². The van der Waals surface area contributed by atoms with Crippen LogP contribution in [0.2, 0.25) is 10.0 Å². The topological polar surface area (TPSA) is 150 Å². The number of rotatable bonds is 7. The zero-order valence-corrected chi connectivity index (χ0v) is 27.4. The van der Waals surface area contributed by atoms with Gasteiger partial charge in [0.15, 0.2) is 0 Å². The lowest BCUT2D eigenvalue weighted by Crippen LogP contribution is -2.60. The number of hydrogen-bond donors (Lipinski definition) is 4. The van der Waals surface area contributed by atoms with Crippen LogP contribution in [0.15, 0.2) is 48.5 Å². The van der Waals surface area contributed by atoms with Crippen LogP contribution in [-0.4, -0.2) is 68.6 Å². The van der Waals surface area contributed by atoms with E-state index >= 15 is 0 Å². The zero-order chi connectivity index (χ0) is 33.0. The Kier molecular flexibility index (Phi) is 11.7. The lowest BCUT2D eigenvalue weighted by Gasteiger charge is -2.49. The van der Waals surface area contributed by atoms with E-state index in [1.54, 1.807) is 88.0 Å². The average molecular weight is 640 g/mol. The summed E-state index contributed by atoms with van der Waals surface area (Å²) in [5.41, 5.74) is 1.39. The molecule has 0 bridgehead atoms. The first-order chi connectivity index (χ1) is 19.6. The molecule has 3 rings (SSSR count). The van der Waals surface area contributed by atoms with Crippen LogP contribution in [-0.2, 0) is 19.7 Å². The van der Waals surface area contributed by atoms with E-state index in [0.717, 1.165) is 0 Å². The molecule has 1 aliphatic rings. The standard InChI is InChI=1S/C17H23ClN2O4.C15H21ClO3/c1-17(2,23)14(11-4-3-5-12(18)10-11)15(21)20-8-6-13(7-9-20)24-16(19)22;1-13(2,3)15(12(17)18,14(4,5)19)10-7-6-8-11(16)9-10/h3-5,10,13-14,23H,6-9H2,1-2H3,(H2,19,22);6-9,19H,1-5H3,(H,17,18). The van der Waals surface area contributed by atoms with Crippen molar-refractivity contribution in [1.29, 1.82) is 0 Å². The first kappa shape index (κ1) is 36.3. The highest BCUT2D eigenvalue weighted by Crippen LogP contribution is 2.49. The molecule has 43 heavy (non-hydrogen) atoms. The molecule has 238 valence electrons. The van der Waals surface area contributed by atoms with Crippen LogP contribution in [0, 0.1) is 5.41 Å². The monoisotopic (exact) mass is 638 g/mol. The van der Waals surface area contributed by atoms with Crippen molar-refractivity contribution in [2.24, 2.45) is 11.1 Å². The third kappa shape index (κ3) is 8.62. The number of likely N-dealkylation sites (tertiary alicyclic amines) is 1. The molecule has 11 heteroatoms.